The summed E-state index contributed by atoms with van der Waals surface area (Å²) in [6, 6.07) is 20.2. The second-order valence-electron chi connectivity index (χ2n) is 6.83. The first-order valence-electron chi connectivity index (χ1n) is 9.91. The molecule has 29 heavy (non-hydrogen) atoms. The largest absolute Gasteiger partial charge is 0.462 e. The maximum Gasteiger partial charge on any atom is 0.343 e. The molecule has 1 aromatic heterocycles. The Morgan fingerprint density at radius 1 is 0.931 bits per heavy atom. The molecule has 0 amide bonds. The molecule has 1 aliphatic rings. The Labute approximate surface area is 170 Å². The summed E-state index contributed by atoms with van der Waals surface area (Å²) in [6.45, 7) is 5.38. The van der Waals surface area contributed by atoms with Crippen molar-refractivity contribution < 1.29 is 9.53 Å². The van der Waals surface area contributed by atoms with Crippen molar-refractivity contribution in [3.05, 3.63) is 72.4 Å². The summed E-state index contributed by atoms with van der Waals surface area (Å²) in [7, 11) is 0. The molecule has 6 nitrogen and oxygen atoms in total. The quantitative estimate of drug-likeness (QED) is 0.622. The molecule has 1 fully saturated rings. The van der Waals surface area contributed by atoms with Crippen LogP contribution in [-0.4, -0.2) is 48.7 Å². The van der Waals surface area contributed by atoms with Crippen LogP contribution >= 0.6 is 0 Å². The van der Waals surface area contributed by atoms with E-state index in [0.717, 1.165) is 31.7 Å². The van der Waals surface area contributed by atoms with Crippen molar-refractivity contribution >= 4 is 17.5 Å². The summed E-state index contributed by atoms with van der Waals surface area (Å²) in [5, 5.41) is 0. The van der Waals surface area contributed by atoms with Crippen LogP contribution in [0.15, 0.2) is 66.9 Å². The van der Waals surface area contributed by atoms with Gasteiger partial charge >= 0.3 is 5.97 Å². The van der Waals surface area contributed by atoms with Gasteiger partial charge in [0.25, 0.3) is 0 Å². The zero-order valence-electron chi connectivity index (χ0n) is 16.5. The molecule has 0 N–H and O–H groups in total. The molecule has 148 valence electrons. The van der Waals surface area contributed by atoms with Crippen molar-refractivity contribution in [3.8, 4) is 11.4 Å². The van der Waals surface area contributed by atoms with Gasteiger partial charge in [0.2, 0.25) is 0 Å². The summed E-state index contributed by atoms with van der Waals surface area (Å²) in [5.41, 5.74) is 2.55. The van der Waals surface area contributed by atoms with Crippen molar-refractivity contribution in [3.63, 3.8) is 0 Å². The Morgan fingerprint density at radius 2 is 1.55 bits per heavy atom. The van der Waals surface area contributed by atoms with Crippen LogP contribution in [-0.2, 0) is 4.74 Å². The number of rotatable bonds is 5. The second-order valence-corrected chi connectivity index (χ2v) is 6.83. The summed E-state index contributed by atoms with van der Waals surface area (Å²) in [4.78, 5) is 26.2. The van der Waals surface area contributed by atoms with Crippen molar-refractivity contribution in [2.75, 3.05) is 42.6 Å². The summed E-state index contributed by atoms with van der Waals surface area (Å²) >= 11 is 0. The van der Waals surface area contributed by atoms with Gasteiger partial charge in [-0.05, 0) is 19.1 Å². The van der Waals surface area contributed by atoms with Crippen molar-refractivity contribution in [2.24, 2.45) is 0 Å². The Kier molecular flexibility index (Phi) is 5.70. The van der Waals surface area contributed by atoms with Gasteiger partial charge in [0.15, 0.2) is 5.82 Å². The lowest BCUT2D eigenvalue weighted by Gasteiger charge is -2.37. The number of hydrogen-bond donors (Lipinski definition) is 0. The van der Waals surface area contributed by atoms with Crippen LogP contribution < -0.4 is 9.80 Å². The summed E-state index contributed by atoms with van der Waals surface area (Å²) < 4.78 is 5.24. The lowest BCUT2D eigenvalue weighted by atomic mass is 10.2. The van der Waals surface area contributed by atoms with Gasteiger partial charge in [-0.2, -0.15) is 0 Å². The van der Waals surface area contributed by atoms with E-state index in [2.05, 4.69) is 39.0 Å². The van der Waals surface area contributed by atoms with Crippen LogP contribution in [0.1, 0.15) is 17.3 Å². The number of ether oxygens (including phenoxy) is 1. The monoisotopic (exact) mass is 388 g/mol. The van der Waals surface area contributed by atoms with E-state index in [1.807, 2.05) is 36.4 Å². The van der Waals surface area contributed by atoms with E-state index in [1.54, 1.807) is 13.1 Å². The predicted molar refractivity (Wildman–Crippen MR) is 114 cm³/mol. The molecule has 0 radical (unpaired) electrons. The topological polar surface area (TPSA) is 58.6 Å². The standard InChI is InChI=1S/C23H24N4O2/c1-2-29-23(28)20-17-24-21(18-9-5-3-6-10-18)25-22(20)27-15-13-26(14-16-27)19-11-7-4-8-12-19/h3-12,17H,2,13-16H2,1H3. The Hall–Kier alpha value is -3.41. The highest BCUT2D eigenvalue weighted by molar-refractivity contribution is 5.95. The van der Waals surface area contributed by atoms with E-state index in [9.17, 15) is 4.79 Å². The number of piperazine rings is 1. The maximum absolute atomic E-state index is 12.5. The van der Waals surface area contributed by atoms with Gasteiger partial charge < -0.3 is 14.5 Å². The molecule has 2 aromatic carbocycles. The molecule has 0 spiro atoms. The first kappa shape index (κ1) is 18.9. The fourth-order valence-electron chi connectivity index (χ4n) is 3.51. The third-order valence-electron chi connectivity index (χ3n) is 5.00. The van der Waals surface area contributed by atoms with E-state index in [-0.39, 0.29) is 5.97 Å². The third kappa shape index (κ3) is 4.21. The predicted octanol–water partition coefficient (Wildman–Crippen LogP) is 3.65. The molecule has 0 bridgehead atoms. The number of esters is 1. The number of carbonyl (C=O) groups excluding carboxylic acids is 1. The van der Waals surface area contributed by atoms with E-state index >= 15 is 0 Å². The average molecular weight is 388 g/mol. The highest BCUT2D eigenvalue weighted by atomic mass is 16.5. The molecule has 0 atom stereocenters. The van der Waals surface area contributed by atoms with E-state index in [4.69, 9.17) is 9.72 Å². The Morgan fingerprint density at radius 3 is 2.21 bits per heavy atom. The zero-order chi connectivity index (χ0) is 20.1. The van der Waals surface area contributed by atoms with Crippen LogP contribution in [0.5, 0.6) is 0 Å². The number of aromatic nitrogens is 2. The molecule has 6 heteroatoms. The van der Waals surface area contributed by atoms with Crippen LogP contribution in [0.3, 0.4) is 0 Å². The lowest BCUT2D eigenvalue weighted by molar-refractivity contribution is 0.0526. The van der Waals surface area contributed by atoms with Gasteiger partial charge in [-0.15, -0.1) is 0 Å². The molecule has 1 aliphatic heterocycles. The number of hydrogen-bond acceptors (Lipinski definition) is 6. The highest BCUT2D eigenvalue weighted by Gasteiger charge is 2.25. The van der Waals surface area contributed by atoms with Gasteiger partial charge in [-0.1, -0.05) is 48.5 Å². The fourth-order valence-corrected chi connectivity index (χ4v) is 3.51. The molecule has 4 rings (SSSR count). The third-order valence-corrected chi connectivity index (χ3v) is 5.00. The van der Waals surface area contributed by atoms with Crippen molar-refractivity contribution in [1.82, 2.24) is 9.97 Å². The summed E-state index contributed by atoms with van der Waals surface area (Å²) in [5.74, 6) is 0.872. The SMILES string of the molecule is CCOC(=O)c1cnc(-c2ccccc2)nc1N1CCN(c2ccccc2)CC1. The van der Waals surface area contributed by atoms with Crippen LogP contribution in [0, 0.1) is 0 Å². The summed E-state index contributed by atoms with van der Waals surface area (Å²) in [6.07, 6.45) is 1.59. The molecular formula is C23H24N4O2. The molecule has 0 unspecified atom stereocenters. The van der Waals surface area contributed by atoms with E-state index in [1.165, 1.54) is 5.69 Å². The minimum absolute atomic E-state index is 0.320. The highest BCUT2D eigenvalue weighted by Crippen LogP contribution is 2.25. The van der Waals surface area contributed by atoms with E-state index < -0.39 is 0 Å². The van der Waals surface area contributed by atoms with Gasteiger partial charge in [-0.3, -0.25) is 0 Å². The lowest BCUT2D eigenvalue weighted by Crippen LogP contribution is -2.47. The Balaban J connectivity index is 1.61. The van der Waals surface area contributed by atoms with Crippen molar-refractivity contribution in [1.29, 1.82) is 0 Å². The smallest absolute Gasteiger partial charge is 0.343 e. The molecule has 3 aromatic rings. The molecule has 0 saturated carbocycles. The number of nitrogens with zero attached hydrogens (tertiary/aromatic N) is 4. The number of para-hydroxylation sites is 1. The van der Waals surface area contributed by atoms with E-state index in [0.29, 0.717) is 23.8 Å². The van der Waals surface area contributed by atoms with Gasteiger partial charge in [0, 0.05) is 43.6 Å². The second kappa shape index (κ2) is 8.73. The first-order valence-corrected chi connectivity index (χ1v) is 9.91. The van der Waals surface area contributed by atoms with Gasteiger partial charge in [-0.25, -0.2) is 14.8 Å². The number of anilines is 2. The molecule has 2 heterocycles. The van der Waals surface area contributed by atoms with Crippen LogP contribution in [0.25, 0.3) is 11.4 Å². The molecule has 1 saturated heterocycles. The van der Waals surface area contributed by atoms with Crippen LogP contribution in [0.2, 0.25) is 0 Å². The normalized spacial score (nSPS) is 14.0. The maximum atomic E-state index is 12.5. The average Bonchev–Trinajstić information content (AvgIpc) is 2.80. The zero-order valence-corrected chi connectivity index (χ0v) is 16.5. The number of carbonyl (C=O) groups is 1. The van der Waals surface area contributed by atoms with Gasteiger partial charge in [0.05, 0.1) is 6.61 Å². The first-order chi connectivity index (χ1) is 14.3. The van der Waals surface area contributed by atoms with Crippen molar-refractivity contribution in [2.45, 2.75) is 6.92 Å². The molecular weight excluding hydrogens is 364 g/mol. The van der Waals surface area contributed by atoms with Gasteiger partial charge in [0.1, 0.15) is 11.4 Å². The number of benzene rings is 2. The molecule has 0 aliphatic carbocycles. The fraction of sp³-hybridized carbons (Fsp3) is 0.261. The minimum atomic E-state index is -0.382. The van der Waals surface area contributed by atoms with Crippen LogP contribution in [0.4, 0.5) is 11.5 Å². The Bertz CT molecular complexity index is 955. The minimum Gasteiger partial charge on any atom is -0.462 e.